The van der Waals surface area contributed by atoms with E-state index >= 15 is 0 Å². The maximum absolute atomic E-state index is 13.1. The Balaban J connectivity index is 1.79. The molecule has 0 bridgehead atoms. The zero-order valence-electron chi connectivity index (χ0n) is 18.0. The van der Waals surface area contributed by atoms with Crippen LogP contribution in [-0.2, 0) is 22.7 Å². The highest BCUT2D eigenvalue weighted by Crippen LogP contribution is 2.18. The molecule has 1 heterocycles. The third-order valence-electron chi connectivity index (χ3n) is 4.73. The SMILES string of the molecule is CN(C)CCCNc1ncc(-c2ccccc2)n(CC(=O)OCc2ccccc2)c1=O. The summed E-state index contributed by atoms with van der Waals surface area (Å²) in [5, 5.41) is 3.10. The van der Waals surface area contributed by atoms with E-state index < -0.39 is 5.97 Å². The van der Waals surface area contributed by atoms with E-state index in [1.165, 1.54) is 4.57 Å². The first-order valence-electron chi connectivity index (χ1n) is 10.3. The van der Waals surface area contributed by atoms with E-state index in [1.807, 2.05) is 74.8 Å². The molecule has 0 radical (unpaired) electrons. The van der Waals surface area contributed by atoms with Gasteiger partial charge in [-0.25, -0.2) is 4.98 Å². The van der Waals surface area contributed by atoms with E-state index in [9.17, 15) is 9.59 Å². The Hall–Kier alpha value is -3.45. The number of hydrogen-bond donors (Lipinski definition) is 1. The molecule has 0 amide bonds. The molecular formula is C24H28N4O3. The Morgan fingerprint density at radius 3 is 2.42 bits per heavy atom. The van der Waals surface area contributed by atoms with E-state index in [0.29, 0.717) is 12.2 Å². The maximum Gasteiger partial charge on any atom is 0.326 e. The number of anilines is 1. The monoisotopic (exact) mass is 420 g/mol. The zero-order valence-corrected chi connectivity index (χ0v) is 18.0. The minimum Gasteiger partial charge on any atom is -0.459 e. The van der Waals surface area contributed by atoms with Crippen LogP contribution in [0.4, 0.5) is 5.82 Å². The number of nitrogens with one attached hydrogen (secondary N) is 1. The van der Waals surface area contributed by atoms with Crippen molar-refractivity contribution < 1.29 is 9.53 Å². The number of carbonyl (C=O) groups is 1. The molecule has 3 rings (SSSR count). The third kappa shape index (κ3) is 6.52. The summed E-state index contributed by atoms with van der Waals surface area (Å²) in [6.07, 6.45) is 2.49. The van der Waals surface area contributed by atoms with Gasteiger partial charge in [0.1, 0.15) is 13.2 Å². The standard InChI is InChI=1S/C24H28N4O3/c1-27(2)15-9-14-25-23-24(30)28(21(16-26-23)20-12-7-4-8-13-20)17-22(29)31-18-19-10-5-3-6-11-19/h3-8,10-13,16H,9,14-15,17-18H2,1-2H3,(H,25,26). The van der Waals surface area contributed by atoms with Gasteiger partial charge in [-0.1, -0.05) is 60.7 Å². The zero-order chi connectivity index (χ0) is 22.1. The molecule has 1 N–H and O–H groups in total. The van der Waals surface area contributed by atoms with Gasteiger partial charge in [0.05, 0.1) is 11.9 Å². The molecule has 0 aliphatic rings. The molecule has 3 aromatic rings. The molecule has 0 spiro atoms. The Kier molecular flexibility index (Phi) is 7.95. The average molecular weight is 421 g/mol. The van der Waals surface area contributed by atoms with Crippen molar-refractivity contribution in [1.82, 2.24) is 14.5 Å². The first kappa shape index (κ1) is 22.2. The van der Waals surface area contributed by atoms with Gasteiger partial charge >= 0.3 is 5.97 Å². The van der Waals surface area contributed by atoms with Crippen LogP contribution >= 0.6 is 0 Å². The van der Waals surface area contributed by atoms with Crippen LogP contribution in [-0.4, -0.2) is 47.6 Å². The molecule has 0 fully saturated rings. The van der Waals surface area contributed by atoms with Crippen molar-refractivity contribution in [2.24, 2.45) is 0 Å². The molecule has 1 aromatic heterocycles. The van der Waals surface area contributed by atoms with Crippen LogP contribution in [0.15, 0.2) is 71.7 Å². The van der Waals surface area contributed by atoms with Gasteiger partial charge in [0, 0.05) is 6.54 Å². The molecule has 7 nitrogen and oxygen atoms in total. The Labute approximate surface area is 182 Å². The molecule has 0 aliphatic heterocycles. The topological polar surface area (TPSA) is 76.5 Å². The number of aromatic nitrogens is 2. The minimum atomic E-state index is -0.479. The van der Waals surface area contributed by atoms with Crippen LogP contribution in [0.2, 0.25) is 0 Å². The van der Waals surface area contributed by atoms with Gasteiger partial charge in [-0.2, -0.15) is 0 Å². The van der Waals surface area contributed by atoms with Crippen LogP contribution in [0.25, 0.3) is 11.3 Å². The quantitative estimate of drug-likeness (QED) is 0.401. The molecule has 162 valence electrons. The molecule has 7 heteroatoms. The lowest BCUT2D eigenvalue weighted by molar-refractivity contribution is -0.145. The van der Waals surface area contributed by atoms with Crippen LogP contribution in [0, 0.1) is 0 Å². The fourth-order valence-corrected chi connectivity index (χ4v) is 3.12. The number of nitrogens with zero attached hydrogens (tertiary/aromatic N) is 3. The highest BCUT2D eigenvalue weighted by atomic mass is 16.5. The molecule has 31 heavy (non-hydrogen) atoms. The second kappa shape index (κ2) is 11.1. The molecule has 2 aromatic carbocycles. The lowest BCUT2D eigenvalue weighted by Gasteiger charge is -2.15. The lowest BCUT2D eigenvalue weighted by Crippen LogP contribution is -2.30. The van der Waals surface area contributed by atoms with E-state index in [2.05, 4.69) is 15.2 Å². The Morgan fingerprint density at radius 2 is 1.74 bits per heavy atom. The molecule has 0 aliphatic carbocycles. The highest BCUT2D eigenvalue weighted by Gasteiger charge is 2.15. The summed E-state index contributed by atoms with van der Waals surface area (Å²) in [7, 11) is 4.00. The Bertz CT molecular complexity index is 1030. The fourth-order valence-electron chi connectivity index (χ4n) is 3.12. The number of benzene rings is 2. The number of hydrogen-bond acceptors (Lipinski definition) is 6. The number of ether oxygens (including phenoxy) is 1. The second-order valence-electron chi connectivity index (χ2n) is 7.48. The van der Waals surface area contributed by atoms with E-state index in [-0.39, 0.29) is 24.5 Å². The van der Waals surface area contributed by atoms with Crippen molar-refractivity contribution in [3.63, 3.8) is 0 Å². The summed E-state index contributed by atoms with van der Waals surface area (Å²) < 4.78 is 6.82. The van der Waals surface area contributed by atoms with E-state index in [0.717, 1.165) is 24.1 Å². The first-order chi connectivity index (χ1) is 15.0. The average Bonchev–Trinajstić information content (AvgIpc) is 2.78. The third-order valence-corrected chi connectivity index (χ3v) is 4.73. The summed E-state index contributed by atoms with van der Waals surface area (Å²) >= 11 is 0. The molecule has 0 saturated carbocycles. The van der Waals surface area contributed by atoms with Gasteiger partial charge in [-0.05, 0) is 38.2 Å². The van der Waals surface area contributed by atoms with Crippen molar-refractivity contribution in [3.05, 3.63) is 82.8 Å². The lowest BCUT2D eigenvalue weighted by atomic mass is 10.1. The van der Waals surface area contributed by atoms with Crippen molar-refractivity contribution in [1.29, 1.82) is 0 Å². The number of carbonyl (C=O) groups excluding carboxylic acids is 1. The van der Waals surface area contributed by atoms with Crippen molar-refractivity contribution in [2.75, 3.05) is 32.5 Å². The summed E-state index contributed by atoms with van der Waals surface area (Å²) in [6, 6.07) is 18.9. The van der Waals surface area contributed by atoms with Crippen molar-refractivity contribution in [2.45, 2.75) is 19.6 Å². The van der Waals surface area contributed by atoms with Gasteiger partial charge < -0.3 is 15.0 Å². The first-order valence-corrected chi connectivity index (χ1v) is 10.3. The molecule has 0 saturated heterocycles. The van der Waals surface area contributed by atoms with E-state index in [1.54, 1.807) is 6.20 Å². The normalized spacial score (nSPS) is 10.8. The highest BCUT2D eigenvalue weighted by molar-refractivity contribution is 5.71. The van der Waals surface area contributed by atoms with Gasteiger partial charge in [0.15, 0.2) is 5.82 Å². The Morgan fingerprint density at radius 1 is 1.06 bits per heavy atom. The van der Waals surface area contributed by atoms with Gasteiger partial charge in [-0.3, -0.25) is 14.2 Å². The summed E-state index contributed by atoms with van der Waals surface area (Å²) in [4.78, 5) is 32.1. The van der Waals surface area contributed by atoms with Crippen molar-refractivity contribution >= 4 is 11.8 Å². The van der Waals surface area contributed by atoms with Gasteiger partial charge in [-0.15, -0.1) is 0 Å². The maximum atomic E-state index is 13.1. The fraction of sp³-hybridized carbons (Fsp3) is 0.292. The van der Waals surface area contributed by atoms with Gasteiger partial charge in [0.2, 0.25) is 0 Å². The van der Waals surface area contributed by atoms with Gasteiger partial charge in [0.25, 0.3) is 5.56 Å². The summed E-state index contributed by atoms with van der Waals surface area (Å²) in [6.45, 7) is 1.49. The predicted molar refractivity (Wildman–Crippen MR) is 122 cm³/mol. The summed E-state index contributed by atoms with van der Waals surface area (Å²) in [5.74, 6) is -0.248. The second-order valence-corrected chi connectivity index (χ2v) is 7.48. The molecule has 0 unspecified atom stereocenters. The summed E-state index contributed by atoms with van der Waals surface area (Å²) in [5.41, 5.74) is 1.93. The number of rotatable bonds is 10. The van der Waals surface area contributed by atoms with Crippen LogP contribution in [0.3, 0.4) is 0 Å². The number of esters is 1. The van der Waals surface area contributed by atoms with E-state index in [4.69, 9.17) is 4.74 Å². The van der Waals surface area contributed by atoms with Crippen molar-refractivity contribution in [3.8, 4) is 11.3 Å². The smallest absolute Gasteiger partial charge is 0.326 e. The van der Waals surface area contributed by atoms with Crippen LogP contribution in [0.1, 0.15) is 12.0 Å². The predicted octanol–water partition coefficient (Wildman–Crippen LogP) is 3.02. The largest absolute Gasteiger partial charge is 0.459 e. The molecule has 0 atom stereocenters. The molecular weight excluding hydrogens is 392 g/mol. The van der Waals surface area contributed by atoms with Crippen LogP contribution in [0.5, 0.6) is 0 Å². The minimum absolute atomic E-state index is 0.163. The van der Waals surface area contributed by atoms with Crippen LogP contribution < -0.4 is 10.9 Å².